The van der Waals surface area contributed by atoms with Crippen LogP contribution in [0.5, 0.6) is 0 Å². The van der Waals surface area contributed by atoms with Gasteiger partial charge in [0.05, 0.1) is 5.41 Å². The monoisotopic (exact) mass is 512 g/mol. The molecule has 5 rings (SSSR count). The number of carbonyl (C=O) groups is 2. The van der Waals surface area contributed by atoms with Crippen molar-refractivity contribution < 1.29 is 14.0 Å². The van der Waals surface area contributed by atoms with E-state index >= 15 is 0 Å². The van der Waals surface area contributed by atoms with Crippen LogP contribution < -0.4 is 16.4 Å². The standard InChI is InChI=1S/C29H29FN6O2/c1-32-26(37)20-7-11-23-18(15-20)3-4-19-16-21(27(38)33-2)8-12-24(19)29(23,13-14-31)28-34-25(35-36-28)17-5-9-22(30)10-6-17/h5-12,15-16H,3-4,13-14,31H2,1-2H3,(H,32,37)(H,33,38)(H,34,35,36). The van der Waals surface area contributed by atoms with Crippen molar-refractivity contribution in [3.05, 3.63) is 106 Å². The number of aromatic nitrogens is 3. The normalized spacial score (nSPS) is 13.7. The summed E-state index contributed by atoms with van der Waals surface area (Å²) in [4.78, 5) is 28.3. The molecule has 194 valence electrons. The van der Waals surface area contributed by atoms with Crippen LogP contribution in [-0.2, 0) is 18.3 Å². The van der Waals surface area contributed by atoms with Gasteiger partial charge in [0, 0.05) is 30.8 Å². The van der Waals surface area contributed by atoms with E-state index in [2.05, 4.69) is 25.8 Å². The summed E-state index contributed by atoms with van der Waals surface area (Å²) in [5.41, 5.74) is 11.2. The Bertz CT molecular complexity index is 1440. The Kier molecular flexibility index (Phi) is 6.77. The van der Waals surface area contributed by atoms with Crippen molar-refractivity contribution in [1.29, 1.82) is 0 Å². The smallest absolute Gasteiger partial charge is 0.251 e. The first kappa shape index (κ1) is 25.3. The molecule has 0 unspecified atom stereocenters. The highest BCUT2D eigenvalue weighted by Crippen LogP contribution is 2.46. The highest BCUT2D eigenvalue weighted by atomic mass is 19.1. The number of carbonyl (C=O) groups excluding carboxylic acids is 2. The molecule has 0 fully saturated rings. The van der Waals surface area contributed by atoms with Gasteiger partial charge in [0.25, 0.3) is 11.8 Å². The third-order valence-corrected chi connectivity index (χ3v) is 7.30. The summed E-state index contributed by atoms with van der Waals surface area (Å²) in [5, 5.41) is 14.4. The minimum atomic E-state index is -0.816. The SMILES string of the molecule is CNC(=O)c1ccc2c(c1)CCc1cc(C(=O)NC)ccc1C2(CCN)c1nnc(-c2ccc(F)cc2)[nH]1. The molecule has 0 saturated heterocycles. The van der Waals surface area contributed by atoms with Gasteiger partial charge in [0.15, 0.2) is 5.82 Å². The molecule has 0 bridgehead atoms. The number of nitrogens with two attached hydrogens (primary N) is 1. The number of hydrogen-bond donors (Lipinski definition) is 4. The lowest BCUT2D eigenvalue weighted by Gasteiger charge is -2.34. The van der Waals surface area contributed by atoms with Crippen molar-refractivity contribution in [2.75, 3.05) is 20.6 Å². The van der Waals surface area contributed by atoms with E-state index in [0.717, 1.165) is 22.3 Å². The lowest BCUT2D eigenvalue weighted by atomic mass is 9.69. The van der Waals surface area contributed by atoms with Crippen LogP contribution in [0.3, 0.4) is 0 Å². The van der Waals surface area contributed by atoms with Crippen LogP contribution in [0.15, 0.2) is 60.7 Å². The summed E-state index contributed by atoms with van der Waals surface area (Å²) in [7, 11) is 3.21. The fourth-order valence-corrected chi connectivity index (χ4v) is 5.47. The highest BCUT2D eigenvalue weighted by Gasteiger charge is 2.43. The van der Waals surface area contributed by atoms with E-state index in [9.17, 15) is 14.0 Å². The summed E-state index contributed by atoms with van der Waals surface area (Å²) >= 11 is 0. The minimum Gasteiger partial charge on any atom is -0.355 e. The molecule has 0 radical (unpaired) electrons. The molecule has 1 aliphatic rings. The average Bonchev–Trinajstić information content (AvgIpc) is 3.40. The zero-order valence-corrected chi connectivity index (χ0v) is 21.3. The molecule has 5 N–H and O–H groups in total. The maximum atomic E-state index is 13.5. The molecule has 4 aromatic rings. The van der Waals surface area contributed by atoms with Gasteiger partial charge in [-0.05, 0) is 96.6 Å². The van der Waals surface area contributed by atoms with Crippen LogP contribution in [0.25, 0.3) is 11.4 Å². The van der Waals surface area contributed by atoms with Crippen LogP contribution in [0, 0.1) is 5.82 Å². The average molecular weight is 513 g/mol. The molecule has 0 saturated carbocycles. The lowest BCUT2D eigenvalue weighted by molar-refractivity contribution is 0.0955. The fourth-order valence-electron chi connectivity index (χ4n) is 5.47. The van der Waals surface area contributed by atoms with Crippen molar-refractivity contribution >= 4 is 11.8 Å². The largest absolute Gasteiger partial charge is 0.355 e. The number of aryl methyl sites for hydroxylation is 2. The van der Waals surface area contributed by atoms with Crippen LogP contribution in [0.1, 0.15) is 55.2 Å². The molecule has 3 aromatic carbocycles. The Morgan fingerprint density at radius 2 is 1.45 bits per heavy atom. The van der Waals surface area contributed by atoms with E-state index in [0.29, 0.717) is 54.1 Å². The first-order valence-corrected chi connectivity index (χ1v) is 12.5. The van der Waals surface area contributed by atoms with Crippen LogP contribution in [-0.4, -0.2) is 47.6 Å². The number of rotatable bonds is 6. The number of nitrogens with one attached hydrogen (secondary N) is 3. The van der Waals surface area contributed by atoms with Gasteiger partial charge in [0.2, 0.25) is 0 Å². The Morgan fingerprint density at radius 1 is 0.895 bits per heavy atom. The summed E-state index contributed by atoms with van der Waals surface area (Å²) in [5.74, 6) is 0.427. The molecule has 0 aliphatic heterocycles. The molecular formula is C29H29FN6O2. The third kappa shape index (κ3) is 4.24. The number of hydrogen-bond acceptors (Lipinski definition) is 5. The maximum absolute atomic E-state index is 13.5. The van der Waals surface area contributed by atoms with E-state index in [4.69, 9.17) is 5.73 Å². The number of fused-ring (bicyclic) bond motifs is 2. The second-order valence-electron chi connectivity index (χ2n) is 9.38. The van der Waals surface area contributed by atoms with Crippen LogP contribution in [0.4, 0.5) is 4.39 Å². The number of halogens is 1. The van der Waals surface area contributed by atoms with Gasteiger partial charge in [-0.2, -0.15) is 0 Å². The topological polar surface area (TPSA) is 126 Å². The summed E-state index contributed by atoms with van der Waals surface area (Å²) in [6.07, 6.45) is 1.83. The number of amides is 2. The van der Waals surface area contributed by atoms with E-state index < -0.39 is 5.41 Å². The Labute approximate surface area is 219 Å². The maximum Gasteiger partial charge on any atom is 0.251 e. The van der Waals surface area contributed by atoms with E-state index in [1.54, 1.807) is 26.2 Å². The second kappa shape index (κ2) is 10.2. The molecule has 8 nitrogen and oxygen atoms in total. The molecule has 9 heteroatoms. The number of benzene rings is 3. The van der Waals surface area contributed by atoms with Gasteiger partial charge in [-0.1, -0.05) is 12.1 Å². The molecule has 0 atom stereocenters. The van der Waals surface area contributed by atoms with E-state index in [-0.39, 0.29) is 17.6 Å². The highest BCUT2D eigenvalue weighted by molar-refractivity contribution is 5.95. The fraction of sp³-hybridized carbons (Fsp3) is 0.241. The molecule has 38 heavy (non-hydrogen) atoms. The first-order valence-electron chi connectivity index (χ1n) is 12.5. The predicted molar refractivity (Wildman–Crippen MR) is 142 cm³/mol. The quantitative estimate of drug-likeness (QED) is 0.316. The summed E-state index contributed by atoms with van der Waals surface area (Å²) in [6.45, 7) is 0.347. The Balaban J connectivity index is 1.77. The van der Waals surface area contributed by atoms with Crippen LogP contribution in [0.2, 0.25) is 0 Å². The Hall–Kier alpha value is -4.37. The number of H-pyrrole nitrogens is 1. The first-order chi connectivity index (χ1) is 18.4. The van der Waals surface area contributed by atoms with Gasteiger partial charge >= 0.3 is 0 Å². The number of nitrogens with zero attached hydrogens (tertiary/aromatic N) is 2. The van der Waals surface area contributed by atoms with Crippen LogP contribution >= 0.6 is 0 Å². The number of aromatic amines is 1. The summed E-state index contributed by atoms with van der Waals surface area (Å²) in [6, 6.07) is 17.5. The van der Waals surface area contributed by atoms with E-state index in [1.165, 1.54) is 12.1 Å². The van der Waals surface area contributed by atoms with Gasteiger partial charge in [0.1, 0.15) is 11.6 Å². The zero-order chi connectivity index (χ0) is 26.9. The molecular weight excluding hydrogens is 483 g/mol. The molecule has 0 spiro atoms. The van der Waals surface area contributed by atoms with Gasteiger partial charge in [-0.3, -0.25) is 9.59 Å². The van der Waals surface area contributed by atoms with Crippen molar-refractivity contribution in [2.24, 2.45) is 5.73 Å². The van der Waals surface area contributed by atoms with Gasteiger partial charge in [-0.15, -0.1) is 10.2 Å². The molecule has 1 aromatic heterocycles. The van der Waals surface area contributed by atoms with Crippen molar-refractivity contribution in [1.82, 2.24) is 25.8 Å². The van der Waals surface area contributed by atoms with Crippen molar-refractivity contribution in [2.45, 2.75) is 24.7 Å². The van der Waals surface area contributed by atoms with E-state index in [1.807, 2.05) is 36.4 Å². The summed E-state index contributed by atoms with van der Waals surface area (Å²) < 4.78 is 13.5. The lowest BCUT2D eigenvalue weighted by Crippen LogP contribution is -2.35. The molecule has 1 aliphatic carbocycles. The predicted octanol–water partition coefficient (Wildman–Crippen LogP) is 3.11. The van der Waals surface area contributed by atoms with Gasteiger partial charge in [-0.25, -0.2) is 4.39 Å². The van der Waals surface area contributed by atoms with Gasteiger partial charge < -0.3 is 21.4 Å². The third-order valence-electron chi connectivity index (χ3n) is 7.30. The van der Waals surface area contributed by atoms with Crippen molar-refractivity contribution in [3.63, 3.8) is 0 Å². The minimum absolute atomic E-state index is 0.167. The zero-order valence-electron chi connectivity index (χ0n) is 21.3. The van der Waals surface area contributed by atoms with Crippen molar-refractivity contribution in [3.8, 4) is 11.4 Å². The molecule has 2 amide bonds. The molecule has 1 heterocycles. The Morgan fingerprint density at radius 3 is 1.95 bits per heavy atom. The second-order valence-corrected chi connectivity index (χ2v) is 9.38.